The highest BCUT2D eigenvalue weighted by atomic mass is 16.6. The molecule has 1 aromatic rings. The number of benzene rings is 1. The van der Waals surface area contributed by atoms with E-state index in [2.05, 4.69) is 0 Å². The Morgan fingerprint density at radius 1 is 0.900 bits per heavy atom. The first-order valence-electron chi connectivity index (χ1n) is 6.48. The monoisotopic (exact) mass is 285 g/mol. The van der Waals surface area contributed by atoms with Crippen molar-refractivity contribution in [1.29, 1.82) is 0 Å². The Kier molecular flexibility index (Phi) is 8.53. The van der Waals surface area contributed by atoms with Gasteiger partial charge in [-0.3, -0.25) is 0 Å². The van der Waals surface area contributed by atoms with E-state index < -0.39 is 0 Å². The number of ether oxygens (including phenoxy) is 5. The summed E-state index contributed by atoms with van der Waals surface area (Å²) in [4.78, 5) is 0. The number of nitrogens with two attached hydrogens (primary N) is 1. The summed E-state index contributed by atoms with van der Waals surface area (Å²) in [6, 6.07) is 5.30. The van der Waals surface area contributed by atoms with Crippen molar-refractivity contribution in [2.75, 3.05) is 59.6 Å². The van der Waals surface area contributed by atoms with E-state index >= 15 is 0 Å². The van der Waals surface area contributed by atoms with E-state index in [4.69, 9.17) is 29.4 Å². The molecule has 2 N–H and O–H groups in total. The van der Waals surface area contributed by atoms with Crippen LogP contribution in [0.15, 0.2) is 18.2 Å². The van der Waals surface area contributed by atoms with Crippen LogP contribution in [0.4, 0.5) is 5.69 Å². The molecule has 1 aromatic carbocycles. The Morgan fingerprint density at radius 2 is 1.55 bits per heavy atom. The summed E-state index contributed by atoms with van der Waals surface area (Å²) in [6.07, 6.45) is 0. The van der Waals surface area contributed by atoms with E-state index in [-0.39, 0.29) is 0 Å². The highest BCUT2D eigenvalue weighted by molar-refractivity contribution is 5.56. The summed E-state index contributed by atoms with van der Waals surface area (Å²) in [5.74, 6) is 1.34. The Balaban J connectivity index is 2.06. The van der Waals surface area contributed by atoms with Crippen LogP contribution in [-0.4, -0.2) is 53.9 Å². The van der Waals surface area contributed by atoms with E-state index in [1.165, 1.54) is 0 Å². The van der Waals surface area contributed by atoms with Gasteiger partial charge in [-0.1, -0.05) is 0 Å². The molecule has 0 amide bonds. The lowest BCUT2D eigenvalue weighted by atomic mass is 10.3. The molecule has 0 saturated heterocycles. The van der Waals surface area contributed by atoms with E-state index in [1.54, 1.807) is 32.4 Å². The van der Waals surface area contributed by atoms with Crippen molar-refractivity contribution >= 4 is 5.69 Å². The molecule has 0 atom stereocenters. The van der Waals surface area contributed by atoms with Crippen molar-refractivity contribution in [3.05, 3.63) is 18.2 Å². The van der Waals surface area contributed by atoms with Gasteiger partial charge in [0, 0.05) is 13.2 Å². The van der Waals surface area contributed by atoms with Crippen molar-refractivity contribution in [3.8, 4) is 11.5 Å². The van der Waals surface area contributed by atoms with Crippen LogP contribution in [0.2, 0.25) is 0 Å². The SMILES string of the molecule is COCCOCCOCCOc1ccc(OC)cc1N. The molecule has 0 saturated carbocycles. The van der Waals surface area contributed by atoms with Crippen molar-refractivity contribution in [3.63, 3.8) is 0 Å². The number of rotatable bonds is 11. The molecular formula is C14H23NO5. The molecule has 0 aliphatic carbocycles. The van der Waals surface area contributed by atoms with Gasteiger partial charge in [0.1, 0.15) is 18.1 Å². The average molecular weight is 285 g/mol. The van der Waals surface area contributed by atoms with Crippen LogP contribution in [0, 0.1) is 0 Å². The smallest absolute Gasteiger partial charge is 0.142 e. The molecular weight excluding hydrogens is 262 g/mol. The largest absolute Gasteiger partial charge is 0.497 e. The Bertz CT molecular complexity index is 373. The van der Waals surface area contributed by atoms with Gasteiger partial charge in [-0.15, -0.1) is 0 Å². The predicted octanol–water partition coefficient (Wildman–Crippen LogP) is 1.34. The van der Waals surface area contributed by atoms with Crippen molar-refractivity contribution < 1.29 is 23.7 Å². The molecule has 0 aliphatic heterocycles. The zero-order valence-electron chi connectivity index (χ0n) is 12.1. The average Bonchev–Trinajstić information content (AvgIpc) is 2.47. The summed E-state index contributed by atoms with van der Waals surface area (Å²) in [5, 5.41) is 0. The molecule has 0 radical (unpaired) electrons. The quantitative estimate of drug-likeness (QED) is 0.488. The van der Waals surface area contributed by atoms with Crippen LogP contribution in [0.3, 0.4) is 0 Å². The molecule has 0 heterocycles. The second kappa shape index (κ2) is 10.3. The van der Waals surface area contributed by atoms with Crippen LogP contribution in [0.1, 0.15) is 0 Å². The zero-order valence-corrected chi connectivity index (χ0v) is 12.1. The van der Waals surface area contributed by atoms with Crippen LogP contribution in [-0.2, 0) is 14.2 Å². The van der Waals surface area contributed by atoms with Crippen molar-refractivity contribution in [2.45, 2.75) is 0 Å². The minimum Gasteiger partial charge on any atom is -0.497 e. The minimum atomic E-state index is 0.439. The Hall–Kier alpha value is -1.50. The molecule has 0 bridgehead atoms. The number of hydrogen-bond acceptors (Lipinski definition) is 6. The molecule has 0 aromatic heterocycles. The highest BCUT2D eigenvalue weighted by Gasteiger charge is 2.02. The first kappa shape index (κ1) is 16.6. The van der Waals surface area contributed by atoms with E-state index in [9.17, 15) is 0 Å². The highest BCUT2D eigenvalue weighted by Crippen LogP contribution is 2.25. The maximum atomic E-state index is 5.83. The van der Waals surface area contributed by atoms with Gasteiger partial charge in [0.2, 0.25) is 0 Å². The summed E-state index contributed by atoms with van der Waals surface area (Å²) in [5.41, 5.74) is 6.38. The lowest BCUT2D eigenvalue weighted by Gasteiger charge is -2.10. The molecule has 114 valence electrons. The third-order valence-corrected chi connectivity index (χ3v) is 2.51. The first-order valence-corrected chi connectivity index (χ1v) is 6.48. The first-order chi connectivity index (χ1) is 9.77. The Morgan fingerprint density at radius 3 is 2.15 bits per heavy atom. The fourth-order valence-corrected chi connectivity index (χ4v) is 1.46. The van der Waals surface area contributed by atoms with Crippen LogP contribution >= 0.6 is 0 Å². The predicted molar refractivity (Wildman–Crippen MR) is 76.4 cm³/mol. The van der Waals surface area contributed by atoms with Crippen molar-refractivity contribution in [1.82, 2.24) is 0 Å². The van der Waals surface area contributed by atoms with Gasteiger partial charge in [-0.05, 0) is 12.1 Å². The summed E-state index contributed by atoms with van der Waals surface area (Å²) in [7, 11) is 3.24. The third-order valence-electron chi connectivity index (χ3n) is 2.51. The topological polar surface area (TPSA) is 72.2 Å². The van der Waals surface area contributed by atoms with Gasteiger partial charge < -0.3 is 29.4 Å². The number of anilines is 1. The molecule has 6 heteroatoms. The molecule has 20 heavy (non-hydrogen) atoms. The fourth-order valence-electron chi connectivity index (χ4n) is 1.46. The minimum absolute atomic E-state index is 0.439. The summed E-state index contributed by atoms with van der Waals surface area (Å²) >= 11 is 0. The standard InChI is InChI=1S/C14H23NO5/c1-16-5-6-18-7-8-19-9-10-20-14-4-3-12(17-2)11-13(14)15/h3-4,11H,5-10,15H2,1-2H3. The maximum absolute atomic E-state index is 5.83. The van der Waals surface area contributed by atoms with Crippen LogP contribution < -0.4 is 15.2 Å². The van der Waals surface area contributed by atoms with E-state index in [0.29, 0.717) is 56.8 Å². The third kappa shape index (κ3) is 6.60. The van der Waals surface area contributed by atoms with Gasteiger partial charge >= 0.3 is 0 Å². The molecule has 6 nitrogen and oxygen atoms in total. The normalized spacial score (nSPS) is 10.5. The van der Waals surface area contributed by atoms with E-state index in [1.807, 2.05) is 0 Å². The van der Waals surface area contributed by atoms with Gasteiger partial charge in [-0.25, -0.2) is 0 Å². The molecule has 0 fully saturated rings. The van der Waals surface area contributed by atoms with Crippen LogP contribution in [0.25, 0.3) is 0 Å². The van der Waals surface area contributed by atoms with Gasteiger partial charge in [0.15, 0.2) is 0 Å². The van der Waals surface area contributed by atoms with Gasteiger partial charge in [-0.2, -0.15) is 0 Å². The lowest BCUT2D eigenvalue weighted by Crippen LogP contribution is -2.12. The fraction of sp³-hybridized carbons (Fsp3) is 0.571. The van der Waals surface area contributed by atoms with Gasteiger partial charge in [0.05, 0.1) is 45.8 Å². The molecule has 0 aliphatic rings. The van der Waals surface area contributed by atoms with Crippen molar-refractivity contribution in [2.24, 2.45) is 0 Å². The number of nitrogen functional groups attached to an aromatic ring is 1. The maximum Gasteiger partial charge on any atom is 0.142 e. The molecule has 1 rings (SSSR count). The number of hydrogen-bond donors (Lipinski definition) is 1. The lowest BCUT2D eigenvalue weighted by molar-refractivity contribution is 0.0180. The summed E-state index contributed by atoms with van der Waals surface area (Å²) in [6.45, 7) is 3.19. The summed E-state index contributed by atoms with van der Waals surface area (Å²) < 4.78 is 26.1. The molecule has 0 spiro atoms. The van der Waals surface area contributed by atoms with Gasteiger partial charge in [0.25, 0.3) is 0 Å². The second-order valence-corrected chi connectivity index (χ2v) is 3.97. The molecule has 0 unspecified atom stereocenters. The Labute approximate surface area is 119 Å². The second-order valence-electron chi connectivity index (χ2n) is 3.97. The number of methoxy groups -OCH3 is 2. The zero-order chi connectivity index (χ0) is 14.6. The van der Waals surface area contributed by atoms with Crippen LogP contribution in [0.5, 0.6) is 11.5 Å². The van der Waals surface area contributed by atoms with E-state index in [0.717, 1.165) is 0 Å².